The number of methoxy groups -OCH3 is 1. The average Bonchev–Trinajstić information content (AvgIpc) is 2.86. The predicted octanol–water partition coefficient (Wildman–Crippen LogP) is 2.17. The molecule has 0 aromatic carbocycles. The normalized spacial score (nSPS) is 19.6. The van der Waals surface area contributed by atoms with Gasteiger partial charge in [-0.05, 0) is 20.8 Å². The monoisotopic (exact) mass is 313 g/mol. The maximum atomic E-state index is 12.1. The molecule has 1 saturated heterocycles. The van der Waals surface area contributed by atoms with Gasteiger partial charge < -0.3 is 19.7 Å². The van der Waals surface area contributed by atoms with Gasteiger partial charge in [0.2, 0.25) is 0 Å². The van der Waals surface area contributed by atoms with Crippen LogP contribution in [0.3, 0.4) is 0 Å². The second-order valence-electron chi connectivity index (χ2n) is 6.03. The van der Waals surface area contributed by atoms with E-state index in [1.807, 2.05) is 26.2 Å². The molecule has 1 amide bonds. The molecule has 1 unspecified atom stereocenters. The number of amides is 1. The molecule has 0 bridgehead atoms. The zero-order chi connectivity index (χ0) is 15.5. The smallest absolute Gasteiger partial charge is 0.410 e. The highest BCUT2D eigenvalue weighted by Crippen LogP contribution is 2.21. The largest absolute Gasteiger partial charge is 0.444 e. The fourth-order valence-electron chi connectivity index (χ4n) is 2.12. The molecule has 1 N–H and O–H groups in total. The lowest BCUT2D eigenvalue weighted by molar-refractivity contribution is 0.0194. The van der Waals surface area contributed by atoms with Gasteiger partial charge in [-0.15, -0.1) is 11.3 Å². The molecule has 1 aliphatic rings. The van der Waals surface area contributed by atoms with Crippen molar-refractivity contribution in [3.63, 3.8) is 0 Å². The zero-order valence-electron chi connectivity index (χ0n) is 13.0. The fourth-order valence-corrected chi connectivity index (χ4v) is 2.93. The summed E-state index contributed by atoms with van der Waals surface area (Å²) >= 11 is 1.58. The highest BCUT2D eigenvalue weighted by molar-refractivity contribution is 7.09. The van der Waals surface area contributed by atoms with Crippen LogP contribution in [0.4, 0.5) is 4.79 Å². The number of carbonyl (C=O) groups excluding carboxylic acids is 1. The Morgan fingerprint density at radius 2 is 2.33 bits per heavy atom. The third-order valence-electron chi connectivity index (χ3n) is 3.02. The molecule has 1 fully saturated rings. The molecule has 0 radical (unpaired) electrons. The predicted molar refractivity (Wildman–Crippen MR) is 81.4 cm³/mol. The molecular formula is C14H23N3O3S. The molecule has 0 spiro atoms. The van der Waals surface area contributed by atoms with Crippen LogP contribution in [0.2, 0.25) is 0 Å². The molecule has 21 heavy (non-hydrogen) atoms. The van der Waals surface area contributed by atoms with Gasteiger partial charge >= 0.3 is 6.09 Å². The van der Waals surface area contributed by atoms with Gasteiger partial charge in [0.15, 0.2) is 0 Å². The number of rotatable bonds is 3. The van der Waals surface area contributed by atoms with Crippen molar-refractivity contribution >= 4 is 17.4 Å². The number of carbonyl (C=O) groups is 1. The van der Waals surface area contributed by atoms with Gasteiger partial charge in [-0.1, -0.05) is 0 Å². The number of ether oxygens (including phenoxy) is 2. The molecule has 118 valence electrons. The zero-order valence-corrected chi connectivity index (χ0v) is 13.8. The molecule has 2 heterocycles. The minimum atomic E-state index is -0.469. The van der Waals surface area contributed by atoms with Crippen molar-refractivity contribution in [3.8, 4) is 0 Å². The van der Waals surface area contributed by atoms with Crippen molar-refractivity contribution in [1.29, 1.82) is 0 Å². The molecule has 0 saturated carbocycles. The van der Waals surface area contributed by atoms with Crippen LogP contribution in [0, 0.1) is 0 Å². The van der Waals surface area contributed by atoms with Gasteiger partial charge in [0.1, 0.15) is 10.6 Å². The van der Waals surface area contributed by atoms with Crippen molar-refractivity contribution < 1.29 is 14.3 Å². The summed E-state index contributed by atoms with van der Waals surface area (Å²) in [6, 6.07) is 0.0492. The summed E-state index contributed by atoms with van der Waals surface area (Å²) < 4.78 is 10.5. The summed E-state index contributed by atoms with van der Waals surface area (Å²) in [7, 11) is 1.66. The van der Waals surface area contributed by atoms with Crippen molar-refractivity contribution in [2.45, 2.75) is 39.0 Å². The van der Waals surface area contributed by atoms with E-state index in [4.69, 9.17) is 9.47 Å². The lowest BCUT2D eigenvalue weighted by Crippen LogP contribution is -2.49. The first-order chi connectivity index (χ1) is 9.89. The summed E-state index contributed by atoms with van der Waals surface area (Å²) in [5.74, 6) is 0. The highest BCUT2D eigenvalue weighted by Gasteiger charge is 2.29. The van der Waals surface area contributed by atoms with E-state index in [9.17, 15) is 4.79 Å². The molecule has 6 nitrogen and oxygen atoms in total. The SMILES string of the molecule is COCc1nc(C2CN(C(=O)OC(C)(C)C)CCN2)cs1. The average molecular weight is 313 g/mol. The van der Waals surface area contributed by atoms with Crippen molar-refractivity contribution in [2.75, 3.05) is 26.7 Å². The van der Waals surface area contributed by atoms with Crippen LogP contribution in [0.5, 0.6) is 0 Å². The Labute approximate surface area is 129 Å². The first kappa shape index (κ1) is 16.2. The highest BCUT2D eigenvalue weighted by atomic mass is 32.1. The quantitative estimate of drug-likeness (QED) is 0.926. The van der Waals surface area contributed by atoms with E-state index < -0.39 is 5.60 Å². The summed E-state index contributed by atoms with van der Waals surface area (Å²) in [5.41, 5.74) is 0.490. The lowest BCUT2D eigenvalue weighted by Gasteiger charge is -2.34. The minimum Gasteiger partial charge on any atom is -0.444 e. The second-order valence-corrected chi connectivity index (χ2v) is 6.97. The van der Waals surface area contributed by atoms with E-state index in [0.29, 0.717) is 19.7 Å². The van der Waals surface area contributed by atoms with Gasteiger partial charge in [-0.3, -0.25) is 0 Å². The van der Waals surface area contributed by atoms with Crippen LogP contribution < -0.4 is 5.32 Å². The van der Waals surface area contributed by atoms with Gasteiger partial charge in [-0.25, -0.2) is 9.78 Å². The van der Waals surface area contributed by atoms with Crippen LogP contribution in [0.15, 0.2) is 5.38 Å². The Balaban J connectivity index is 1.98. The number of thiazole rings is 1. The Morgan fingerprint density at radius 1 is 1.57 bits per heavy atom. The molecule has 1 atom stereocenters. The van der Waals surface area contributed by atoms with Crippen LogP contribution in [-0.2, 0) is 16.1 Å². The molecule has 7 heteroatoms. The standard InChI is InChI=1S/C14H23N3O3S/c1-14(2,3)20-13(18)17-6-5-15-10(7-17)11-9-21-12(16-11)8-19-4/h9-10,15H,5-8H2,1-4H3. The Morgan fingerprint density at radius 3 is 3.00 bits per heavy atom. The summed E-state index contributed by atoms with van der Waals surface area (Å²) in [6.07, 6.45) is -0.263. The molecule has 1 aromatic rings. The van der Waals surface area contributed by atoms with E-state index in [1.54, 1.807) is 23.3 Å². The lowest BCUT2D eigenvalue weighted by atomic mass is 10.1. The van der Waals surface area contributed by atoms with E-state index in [1.165, 1.54) is 0 Å². The number of aromatic nitrogens is 1. The van der Waals surface area contributed by atoms with E-state index in [2.05, 4.69) is 10.3 Å². The Bertz CT molecular complexity index is 484. The number of piperazine rings is 1. The summed E-state index contributed by atoms with van der Waals surface area (Å²) in [4.78, 5) is 18.4. The maximum Gasteiger partial charge on any atom is 0.410 e. The maximum absolute atomic E-state index is 12.1. The Kier molecular flexibility index (Phi) is 5.18. The topological polar surface area (TPSA) is 63.7 Å². The molecule has 0 aliphatic carbocycles. The number of hydrogen-bond acceptors (Lipinski definition) is 6. The van der Waals surface area contributed by atoms with E-state index >= 15 is 0 Å². The van der Waals surface area contributed by atoms with Crippen LogP contribution in [0.1, 0.15) is 37.5 Å². The summed E-state index contributed by atoms with van der Waals surface area (Å²) in [5, 5.41) is 6.36. The van der Waals surface area contributed by atoms with Crippen LogP contribution in [-0.4, -0.2) is 48.3 Å². The van der Waals surface area contributed by atoms with Gasteiger partial charge in [0.25, 0.3) is 0 Å². The van der Waals surface area contributed by atoms with Gasteiger partial charge in [0, 0.05) is 32.1 Å². The molecule has 1 aromatic heterocycles. The van der Waals surface area contributed by atoms with Crippen molar-refractivity contribution in [3.05, 3.63) is 16.1 Å². The van der Waals surface area contributed by atoms with Crippen LogP contribution >= 0.6 is 11.3 Å². The number of hydrogen-bond donors (Lipinski definition) is 1. The molecular weight excluding hydrogens is 290 g/mol. The number of nitrogens with one attached hydrogen (secondary N) is 1. The third kappa shape index (κ3) is 4.66. The van der Waals surface area contributed by atoms with Crippen molar-refractivity contribution in [1.82, 2.24) is 15.2 Å². The first-order valence-electron chi connectivity index (χ1n) is 7.03. The minimum absolute atomic E-state index is 0.0492. The first-order valence-corrected chi connectivity index (χ1v) is 7.91. The Hall–Kier alpha value is -1.18. The van der Waals surface area contributed by atoms with E-state index in [-0.39, 0.29) is 12.1 Å². The van der Waals surface area contributed by atoms with Crippen LogP contribution in [0.25, 0.3) is 0 Å². The second kappa shape index (κ2) is 6.72. The van der Waals surface area contributed by atoms with Crippen molar-refractivity contribution in [2.24, 2.45) is 0 Å². The fraction of sp³-hybridized carbons (Fsp3) is 0.714. The van der Waals surface area contributed by atoms with E-state index in [0.717, 1.165) is 17.2 Å². The van der Waals surface area contributed by atoms with Gasteiger partial charge in [-0.2, -0.15) is 0 Å². The summed E-state index contributed by atoms with van der Waals surface area (Å²) in [6.45, 7) is 8.12. The molecule has 1 aliphatic heterocycles. The third-order valence-corrected chi connectivity index (χ3v) is 3.86. The number of nitrogens with zero attached hydrogens (tertiary/aromatic N) is 2. The molecule has 2 rings (SSSR count). The van der Waals surface area contributed by atoms with Gasteiger partial charge in [0.05, 0.1) is 18.3 Å².